The Morgan fingerprint density at radius 2 is 1.65 bits per heavy atom. The van der Waals surface area contributed by atoms with Crippen molar-refractivity contribution in [1.29, 1.82) is 0 Å². The average Bonchev–Trinajstić information content (AvgIpc) is 2.63. The van der Waals surface area contributed by atoms with Gasteiger partial charge in [-0.15, -0.1) is 5.10 Å². The lowest BCUT2D eigenvalue weighted by atomic mass is 9.86. The Labute approximate surface area is 154 Å². The molecule has 1 heterocycles. The monoisotopic (exact) mass is 347 g/mol. The molecule has 2 N–H and O–H groups in total. The fraction of sp³-hybridized carbons (Fsp3) is 0.286. The van der Waals surface area contributed by atoms with Gasteiger partial charge in [0.25, 0.3) is 0 Å². The molecule has 0 spiro atoms. The first-order chi connectivity index (χ1) is 12.5. The van der Waals surface area contributed by atoms with Crippen molar-refractivity contribution >= 4 is 17.5 Å². The van der Waals surface area contributed by atoms with Crippen molar-refractivity contribution in [3.63, 3.8) is 0 Å². The molecule has 0 amide bonds. The molecule has 26 heavy (non-hydrogen) atoms. The fourth-order valence-corrected chi connectivity index (χ4v) is 2.79. The van der Waals surface area contributed by atoms with Crippen LogP contribution in [0.2, 0.25) is 0 Å². The molecule has 0 atom stereocenters. The Hall–Kier alpha value is -2.95. The number of nitrogens with zero attached hydrogens (tertiary/aromatic N) is 3. The van der Waals surface area contributed by atoms with Gasteiger partial charge in [0.2, 0.25) is 5.95 Å². The largest absolute Gasteiger partial charge is 0.353 e. The first-order valence-corrected chi connectivity index (χ1v) is 8.86. The minimum absolute atomic E-state index is 0.0425. The molecule has 0 saturated heterocycles. The molecule has 0 saturated carbocycles. The lowest BCUT2D eigenvalue weighted by Crippen LogP contribution is -2.14. The Bertz CT molecular complexity index is 840. The van der Waals surface area contributed by atoms with E-state index < -0.39 is 0 Å². The Balaban J connectivity index is 1.67. The number of aromatic nitrogens is 3. The number of benzene rings is 2. The summed E-state index contributed by atoms with van der Waals surface area (Å²) in [6.45, 7) is 7.35. The summed E-state index contributed by atoms with van der Waals surface area (Å²) in [4.78, 5) is 4.53. The van der Waals surface area contributed by atoms with Crippen molar-refractivity contribution < 1.29 is 0 Å². The minimum Gasteiger partial charge on any atom is -0.353 e. The van der Waals surface area contributed by atoms with Crippen molar-refractivity contribution in [1.82, 2.24) is 15.2 Å². The van der Waals surface area contributed by atoms with Gasteiger partial charge in [-0.1, -0.05) is 69.3 Å². The smallest absolute Gasteiger partial charge is 0.244 e. The summed E-state index contributed by atoms with van der Waals surface area (Å²) in [6.07, 6.45) is 2.55. The second-order valence-electron chi connectivity index (χ2n) is 7.25. The molecule has 0 fully saturated rings. The van der Waals surface area contributed by atoms with Gasteiger partial charge in [-0.3, -0.25) is 0 Å². The highest BCUT2D eigenvalue weighted by Crippen LogP contribution is 2.30. The van der Waals surface area contributed by atoms with Crippen LogP contribution in [0.15, 0.2) is 60.8 Å². The molecular weight excluding hydrogens is 322 g/mol. The van der Waals surface area contributed by atoms with Crippen LogP contribution in [0, 0.1) is 0 Å². The van der Waals surface area contributed by atoms with Gasteiger partial charge < -0.3 is 10.6 Å². The van der Waals surface area contributed by atoms with Crippen molar-refractivity contribution in [3.05, 3.63) is 71.9 Å². The van der Waals surface area contributed by atoms with Crippen LogP contribution in [0.4, 0.5) is 17.5 Å². The van der Waals surface area contributed by atoms with Crippen molar-refractivity contribution in [2.45, 2.75) is 32.6 Å². The minimum atomic E-state index is 0.0425. The van der Waals surface area contributed by atoms with Crippen LogP contribution in [-0.4, -0.2) is 21.7 Å². The zero-order chi connectivity index (χ0) is 18.4. The van der Waals surface area contributed by atoms with Gasteiger partial charge in [0.1, 0.15) is 0 Å². The van der Waals surface area contributed by atoms with E-state index >= 15 is 0 Å². The van der Waals surface area contributed by atoms with Gasteiger partial charge in [-0.05, 0) is 29.0 Å². The van der Waals surface area contributed by atoms with E-state index in [9.17, 15) is 0 Å². The summed E-state index contributed by atoms with van der Waals surface area (Å²) >= 11 is 0. The molecule has 5 heteroatoms. The van der Waals surface area contributed by atoms with E-state index in [2.05, 4.69) is 76.9 Å². The number of nitrogens with one attached hydrogen (secondary N) is 2. The maximum atomic E-state index is 4.53. The Morgan fingerprint density at radius 1 is 0.923 bits per heavy atom. The molecule has 5 nitrogen and oxygen atoms in total. The summed E-state index contributed by atoms with van der Waals surface area (Å²) < 4.78 is 0. The molecule has 3 aromatic rings. The topological polar surface area (TPSA) is 62.7 Å². The maximum absolute atomic E-state index is 4.53. The van der Waals surface area contributed by atoms with E-state index in [-0.39, 0.29) is 5.41 Å². The van der Waals surface area contributed by atoms with Gasteiger partial charge in [0.15, 0.2) is 5.82 Å². The van der Waals surface area contributed by atoms with Crippen LogP contribution >= 0.6 is 0 Å². The molecule has 2 aromatic carbocycles. The zero-order valence-corrected chi connectivity index (χ0v) is 15.5. The summed E-state index contributed by atoms with van der Waals surface area (Å²) in [5.41, 5.74) is 3.59. The SMILES string of the molecule is CC(C)(C)c1ccccc1Nc1cnnc(NCCc2ccccc2)n1. The summed E-state index contributed by atoms with van der Waals surface area (Å²) in [6, 6.07) is 18.6. The normalized spacial score (nSPS) is 11.2. The lowest BCUT2D eigenvalue weighted by molar-refractivity contribution is 0.592. The predicted molar refractivity (Wildman–Crippen MR) is 107 cm³/mol. The molecule has 3 rings (SSSR count). The highest BCUT2D eigenvalue weighted by molar-refractivity contribution is 5.62. The van der Waals surface area contributed by atoms with E-state index in [0.717, 1.165) is 18.7 Å². The molecular formula is C21H25N5. The van der Waals surface area contributed by atoms with E-state index in [0.29, 0.717) is 11.8 Å². The number of rotatable bonds is 6. The first-order valence-electron chi connectivity index (χ1n) is 8.86. The van der Waals surface area contributed by atoms with Crippen LogP contribution in [0.1, 0.15) is 31.9 Å². The molecule has 0 bridgehead atoms. The van der Waals surface area contributed by atoms with Crippen molar-refractivity contribution in [3.8, 4) is 0 Å². The number of para-hydroxylation sites is 1. The molecule has 1 aromatic heterocycles. The highest BCUT2D eigenvalue weighted by Gasteiger charge is 2.17. The lowest BCUT2D eigenvalue weighted by Gasteiger charge is -2.23. The maximum Gasteiger partial charge on any atom is 0.244 e. The van der Waals surface area contributed by atoms with Crippen LogP contribution in [-0.2, 0) is 11.8 Å². The summed E-state index contributed by atoms with van der Waals surface area (Å²) in [5, 5.41) is 14.7. The zero-order valence-electron chi connectivity index (χ0n) is 15.5. The van der Waals surface area contributed by atoms with Crippen LogP contribution in [0.3, 0.4) is 0 Å². The van der Waals surface area contributed by atoms with Crippen molar-refractivity contribution in [2.24, 2.45) is 0 Å². The Morgan fingerprint density at radius 3 is 2.42 bits per heavy atom. The second-order valence-corrected chi connectivity index (χ2v) is 7.25. The standard InChI is InChI=1S/C21H25N5/c1-21(2,3)17-11-7-8-12-18(17)24-19-15-23-26-20(25-19)22-14-13-16-9-5-4-6-10-16/h4-12,15H,13-14H2,1-3H3,(H2,22,24,25,26). The van der Waals surface area contributed by atoms with E-state index in [1.54, 1.807) is 6.20 Å². The van der Waals surface area contributed by atoms with E-state index in [1.165, 1.54) is 11.1 Å². The quantitative estimate of drug-likeness (QED) is 0.684. The summed E-state index contributed by atoms with van der Waals surface area (Å²) in [5.74, 6) is 1.21. The Kier molecular flexibility index (Phi) is 5.46. The number of anilines is 3. The van der Waals surface area contributed by atoms with Crippen LogP contribution < -0.4 is 10.6 Å². The predicted octanol–water partition coefficient (Wildman–Crippen LogP) is 4.57. The van der Waals surface area contributed by atoms with Gasteiger partial charge in [-0.25, -0.2) is 0 Å². The molecule has 134 valence electrons. The third kappa shape index (κ3) is 4.79. The van der Waals surface area contributed by atoms with Gasteiger partial charge >= 0.3 is 0 Å². The number of hydrogen-bond acceptors (Lipinski definition) is 5. The highest BCUT2D eigenvalue weighted by atomic mass is 15.3. The fourth-order valence-electron chi connectivity index (χ4n) is 2.79. The van der Waals surface area contributed by atoms with E-state index in [4.69, 9.17) is 0 Å². The number of hydrogen-bond donors (Lipinski definition) is 2. The molecule has 0 radical (unpaired) electrons. The third-order valence-corrected chi connectivity index (χ3v) is 4.10. The van der Waals surface area contributed by atoms with Gasteiger partial charge in [0, 0.05) is 12.2 Å². The molecule has 0 aliphatic carbocycles. The van der Waals surface area contributed by atoms with Gasteiger partial charge in [-0.2, -0.15) is 10.1 Å². The third-order valence-electron chi connectivity index (χ3n) is 4.10. The summed E-state index contributed by atoms with van der Waals surface area (Å²) in [7, 11) is 0. The van der Waals surface area contributed by atoms with Crippen LogP contribution in [0.5, 0.6) is 0 Å². The molecule has 0 aliphatic rings. The van der Waals surface area contributed by atoms with Crippen LogP contribution in [0.25, 0.3) is 0 Å². The van der Waals surface area contributed by atoms with E-state index in [1.807, 2.05) is 24.3 Å². The first kappa shape index (κ1) is 17.9. The van der Waals surface area contributed by atoms with Crippen molar-refractivity contribution in [2.75, 3.05) is 17.2 Å². The second kappa shape index (κ2) is 7.95. The molecule has 0 aliphatic heterocycles. The average molecular weight is 347 g/mol. The molecule has 0 unspecified atom stereocenters. The van der Waals surface area contributed by atoms with Gasteiger partial charge in [0.05, 0.1) is 6.20 Å².